The monoisotopic (exact) mass is 262 g/mol. The highest BCUT2D eigenvalue weighted by molar-refractivity contribution is 5.69. The molecule has 1 aromatic carbocycles. The summed E-state index contributed by atoms with van der Waals surface area (Å²) in [7, 11) is 1.68. The van der Waals surface area contributed by atoms with Crippen LogP contribution in [0.1, 0.15) is 19.4 Å². The van der Waals surface area contributed by atoms with Crippen molar-refractivity contribution in [2.75, 3.05) is 24.3 Å². The van der Waals surface area contributed by atoms with E-state index in [2.05, 4.69) is 0 Å². The second-order valence-electron chi connectivity index (χ2n) is 4.80. The quantitative estimate of drug-likeness (QED) is 0.823. The topological polar surface area (TPSA) is 49.5 Å². The Morgan fingerprint density at radius 1 is 1.28 bits per heavy atom. The molecule has 6 heteroatoms. The number of likely N-dealkylation sites (N-methyl/N-ethyl adjacent to an activating group) is 1. The van der Waals surface area contributed by atoms with Gasteiger partial charge in [0, 0.05) is 7.05 Å². The van der Waals surface area contributed by atoms with Gasteiger partial charge < -0.3 is 15.7 Å². The molecule has 0 unspecified atom stereocenters. The maximum atomic E-state index is 12.5. The maximum Gasteiger partial charge on any atom is 0.416 e. The molecule has 0 fully saturated rings. The number of hydrogen-bond acceptors (Lipinski definition) is 3. The molecule has 1 aromatic rings. The summed E-state index contributed by atoms with van der Waals surface area (Å²) >= 11 is 0. The first-order valence-electron chi connectivity index (χ1n) is 5.41. The van der Waals surface area contributed by atoms with Crippen molar-refractivity contribution in [1.29, 1.82) is 0 Å². The minimum Gasteiger partial charge on any atom is -0.397 e. The molecule has 0 spiro atoms. The fourth-order valence-electron chi connectivity index (χ4n) is 1.47. The third-order valence-corrected chi connectivity index (χ3v) is 3.01. The lowest BCUT2D eigenvalue weighted by atomic mass is 10.0. The molecule has 0 aliphatic heterocycles. The van der Waals surface area contributed by atoms with E-state index in [4.69, 9.17) is 5.73 Å². The minimum atomic E-state index is -4.41. The Morgan fingerprint density at radius 2 is 1.83 bits per heavy atom. The van der Waals surface area contributed by atoms with E-state index in [0.29, 0.717) is 5.69 Å². The van der Waals surface area contributed by atoms with Gasteiger partial charge in [-0.2, -0.15) is 13.2 Å². The summed E-state index contributed by atoms with van der Waals surface area (Å²) in [4.78, 5) is 1.66. The molecular formula is C12H17F3N2O. The number of aliphatic hydroxyl groups excluding tert-OH is 1. The fourth-order valence-corrected chi connectivity index (χ4v) is 1.47. The van der Waals surface area contributed by atoms with Gasteiger partial charge in [-0.25, -0.2) is 0 Å². The highest BCUT2D eigenvalue weighted by atomic mass is 19.4. The van der Waals surface area contributed by atoms with Crippen molar-refractivity contribution in [2.45, 2.75) is 25.6 Å². The number of nitrogen functional groups attached to an aromatic ring is 1. The van der Waals surface area contributed by atoms with Gasteiger partial charge in [0.1, 0.15) is 0 Å². The zero-order valence-electron chi connectivity index (χ0n) is 10.5. The lowest BCUT2D eigenvalue weighted by Gasteiger charge is -2.36. The molecule has 102 valence electrons. The van der Waals surface area contributed by atoms with Crippen molar-refractivity contribution in [1.82, 2.24) is 0 Å². The summed E-state index contributed by atoms with van der Waals surface area (Å²) in [5.41, 5.74) is 4.76. The first-order chi connectivity index (χ1) is 8.09. The van der Waals surface area contributed by atoms with E-state index in [1.54, 1.807) is 25.8 Å². The van der Waals surface area contributed by atoms with Gasteiger partial charge in [-0.05, 0) is 32.0 Å². The van der Waals surface area contributed by atoms with E-state index in [9.17, 15) is 18.3 Å². The van der Waals surface area contributed by atoms with Crippen LogP contribution in [0.25, 0.3) is 0 Å². The highest BCUT2D eigenvalue weighted by Crippen LogP contribution is 2.35. The van der Waals surface area contributed by atoms with Gasteiger partial charge in [0.05, 0.1) is 29.1 Å². The Balaban J connectivity index is 3.14. The average Bonchev–Trinajstić information content (AvgIpc) is 2.26. The molecule has 0 saturated carbocycles. The van der Waals surface area contributed by atoms with Crippen molar-refractivity contribution < 1.29 is 18.3 Å². The predicted octanol–water partition coefficient (Wildman–Crippen LogP) is 2.49. The summed E-state index contributed by atoms with van der Waals surface area (Å²) in [5.74, 6) is 0. The molecule has 0 aliphatic rings. The van der Waals surface area contributed by atoms with Crippen molar-refractivity contribution in [3.8, 4) is 0 Å². The Morgan fingerprint density at radius 3 is 2.22 bits per heavy atom. The van der Waals surface area contributed by atoms with Crippen LogP contribution in [0.5, 0.6) is 0 Å². The smallest absolute Gasteiger partial charge is 0.397 e. The Hall–Kier alpha value is -1.43. The van der Waals surface area contributed by atoms with Crippen LogP contribution in [0, 0.1) is 0 Å². The third-order valence-electron chi connectivity index (χ3n) is 3.01. The molecule has 0 heterocycles. The Labute approximate surface area is 104 Å². The largest absolute Gasteiger partial charge is 0.416 e. The second-order valence-corrected chi connectivity index (χ2v) is 4.80. The van der Waals surface area contributed by atoms with Gasteiger partial charge in [0.15, 0.2) is 0 Å². The average molecular weight is 262 g/mol. The maximum absolute atomic E-state index is 12.5. The first-order valence-corrected chi connectivity index (χ1v) is 5.41. The van der Waals surface area contributed by atoms with E-state index >= 15 is 0 Å². The third kappa shape index (κ3) is 2.87. The Bertz CT molecular complexity index is 430. The minimum absolute atomic E-state index is 0.0360. The SMILES string of the molecule is CN(c1ccc(C(F)(F)F)cc1N)C(C)(C)CO. The molecule has 0 saturated heterocycles. The number of hydrogen-bond donors (Lipinski definition) is 2. The molecule has 3 N–H and O–H groups in total. The van der Waals surface area contributed by atoms with Crippen LogP contribution in [-0.4, -0.2) is 24.3 Å². The normalized spacial score (nSPS) is 12.6. The van der Waals surface area contributed by atoms with Crippen molar-refractivity contribution in [3.05, 3.63) is 23.8 Å². The van der Waals surface area contributed by atoms with Crippen LogP contribution in [0.4, 0.5) is 24.5 Å². The zero-order chi connectivity index (χ0) is 14.1. The van der Waals surface area contributed by atoms with E-state index in [0.717, 1.165) is 12.1 Å². The summed E-state index contributed by atoms with van der Waals surface area (Å²) in [6.45, 7) is 3.40. The van der Waals surface area contributed by atoms with Crippen LogP contribution in [0.15, 0.2) is 18.2 Å². The van der Waals surface area contributed by atoms with Gasteiger partial charge in [0.25, 0.3) is 0 Å². The second kappa shape index (κ2) is 4.68. The van der Waals surface area contributed by atoms with Crippen LogP contribution in [0.3, 0.4) is 0 Å². The van der Waals surface area contributed by atoms with Crippen LogP contribution in [0.2, 0.25) is 0 Å². The molecular weight excluding hydrogens is 245 g/mol. The number of halogens is 3. The van der Waals surface area contributed by atoms with Crippen LogP contribution in [-0.2, 0) is 6.18 Å². The Kier molecular flexibility index (Phi) is 3.81. The van der Waals surface area contributed by atoms with Gasteiger partial charge >= 0.3 is 6.18 Å². The summed E-state index contributed by atoms with van der Waals surface area (Å²) in [6.07, 6.45) is -4.41. The van der Waals surface area contributed by atoms with Crippen LogP contribution >= 0.6 is 0 Å². The highest BCUT2D eigenvalue weighted by Gasteiger charge is 2.32. The molecule has 0 aliphatic carbocycles. The van der Waals surface area contributed by atoms with Gasteiger partial charge in [-0.15, -0.1) is 0 Å². The predicted molar refractivity (Wildman–Crippen MR) is 65.4 cm³/mol. The molecule has 0 amide bonds. The number of rotatable bonds is 3. The first kappa shape index (κ1) is 14.6. The number of nitrogens with two attached hydrogens (primary N) is 1. The number of aliphatic hydroxyl groups is 1. The van der Waals surface area contributed by atoms with Gasteiger partial charge in [-0.3, -0.25) is 0 Å². The fraction of sp³-hybridized carbons (Fsp3) is 0.500. The number of benzene rings is 1. The lowest BCUT2D eigenvalue weighted by molar-refractivity contribution is -0.137. The lowest BCUT2D eigenvalue weighted by Crippen LogP contribution is -2.44. The van der Waals surface area contributed by atoms with Crippen LogP contribution < -0.4 is 10.6 Å². The van der Waals surface area contributed by atoms with Crippen molar-refractivity contribution >= 4 is 11.4 Å². The van der Waals surface area contributed by atoms with Gasteiger partial charge in [0.2, 0.25) is 0 Å². The van der Waals surface area contributed by atoms with Gasteiger partial charge in [-0.1, -0.05) is 0 Å². The molecule has 1 rings (SSSR count). The molecule has 0 bridgehead atoms. The van der Waals surface area contributed by atoms with E-state index in [1.165, 1.54) is 6.07 Å². The molecule has 0 aromatic heterocycles. The summed E-state index contributed by atoms with van der Waals surface area (Å²) in [6, 6.07) is 3.20. The summed E-state index contributed by atoms with van der Waals surface area (Å²) < 4.78 is 37.5. The van der Waals surface area contributed by atoms with E-state index in [-0.39, 0.29) is 12.3 Å². The molecule has 0 radical (unpaired) electrons. The molecule has 0 atom stereocenters. The van der Waals surface area contributed by atoms with Crippen molar-refractivity contribution in [3.63, 3.8) is 0 Å². The van der Waals surface area contributed by atoms with E-state index < -0.39 is 17.3 Å². The zero-order valence-corrected chi connectivity index (χ0v) is 10.5. The molecule has 18 heavy (non-hydrogen) atoms. The van der Waals surface area contributed by atoms with E-state index in [1.807, 2.05) is 0 Å². The molecule has 3 nitrogen and oxygen atoms in total. The number of alkyl halides is 3. The number of nitrogens with zero attached hydrogens (tertiary/aromatic N) is 1. The van der Waals surface area contributed by atoms with Crippen molar-refractivity contribution in [2.24, 2.45) is 0 Å². The number of anilines is 2. The summed E-state index contributed by atoms with van der Waals surface area (Å²) in [5, 5.41) is 9.24. The standard InChI is InChI=1S/C12H17F3N2O/c1-11(2,7-18)17(3)10-5-4-8(6-9(10)16)12(13,14)15/h4-6,18H,7,16H2,1-3H3.